The highest BCUT2D eigenvalue weighted by Crippen LogP contribution is 2.31. The van der Waals surface area contributed by atoms with Crippen molar-refractivity contribution in [3.8, 4) is 11.3 Å². The summed E-state index contributed by atoms with van der Waals surface area (Å²) in [5.74, 6) is -0.0197. The molecule has 5 nitrogen and oxygen atoms in total. The first-order valence-corrected chi connectivity index (χ1v) is 6.33. The van der Waals surface area contributed by atoms with E-state index in [9.17, 15) is 10.1 Å². The fourth-order valence-corrected chi connectivity index (χ4v) is 2.39. The van der Waals surface area contributed by atoms with E-state index in [-0.39, 0.29) is 5.82 Å². The number of pyridine rings is 1. The van der Waals surface area contributed by atoms with E-state index in [1.165, 1.54) is 4.40 Å². The molecule has 0 aliphatic heterocycles. The fraction of sp³-hybridized carbons (Fsp3) is 0. The quantitative estimate of drug-likeness (QED) is 0.535. The van der Waals surface area contributed by atoms with E-state index in [4.69, 9.17) is 0 Å². The molecule has 2 aromatic heterocycles. The molecule has 0 spiro atoms. The van der Waals surface area contributed by atoms with Crippen LogP contribution in [0.2, 0.25) is 0 Å². The number of imidazole rings is 1. The number of rotatable bonds is 2. The molecule has 0 saturated heterocycles. The minimum Gasteiger partial charge on any atom is -0.358 e. The van der Waals surface area contributed by atoms with Crippen molar-refractivity contribution in [3.63, 3.8) is 0 Å². The van der Waals surface area contributed by atoms with Crippen LogP contribution in [0.5, 0.6) is 0 Å². The van der Waals surface area contributed by atoms with Crippen molar-refractivity contribution in [2.75, 3.05) is 0 Å². The van der Waals surface area contributed by atoms with Crippen LogP contribution >= 0.6 is 15.9 Å². The summed E-state index contributed by atoms with van der Waals surface area (Å²) in [5.41, 5.74) is 1.64. The van der Waals surface area contributed by atoms with Crippen molar-refractivity contribution >= 4 is 27.4 Å². The van der Waals surface area contributed by atoms with Gasteiger partial charge in [0.05, 0.1) is 6.20 Å². The summed E-state index contributed by atoms with van der Waals surface area (Å²) in [6.45, 7) is 0. The van der Waals surface area contributed by atoms with Gasteiger partial charge in [-0.05, 0) is 23.1 Å². The third kappa shape index (κ3) is 2.00. The Hall–Kier alpha value is -2.21. The summed E-state index contributed by atoms with van der Waals surface area (Å²) in [6.07, 6.45) is 1.64. The van der Waals surface area contributed by atoms with Gasteiger partial charge >= 0.3 is 5.82 Å². The van der Waals surface area contributed by atoms with Crippen LogP contribution < -0.4 is 0 Å². The minimum atomic E-state index is -0.407. The standard InChI is InChI=1S/C13H8BrN3O2/c14-10-5-3-4-9(8-10)12-13(17(18)19)16-7-2-1-6-11(16)15-12/h1-8H. The van der Waals surface area contributed by atoms with Crippen LogP contribution in [0.4, 0.5) is 5.82 Å². The van der Waals surface area contributed by atoms with Crippen LogP contribution in [-0.4, -0.2) is 14.3 Å². The molecule has 0 unspecified atom stereocenters. The molecule has 0 saturated carbocycles. The van der Waals surface area contributed by atoms with E-state index in [1.807, 2.05) is 18.2 Å². The maximum absolute atomic E-state index is 11.3. The summed E-state index contributed by atoms with van der Waals surface area (Å²) in [7, 11) is 0. The summed E-state index contributed by atoms with van der Waals surface area (Å²) < 4.78 is 2.34. The van der Waals surface area contributed by atoms with Gasteiger partial charge in [0.15, 0.2) is 5.69 Å². The van der Waals surface area contributed by atoms with E-state index < -0.39 is 4.92 Å². The number of hydrogen-bond acceptors (Lipinski definition) is 3. The second kappa shape index (κ2) is 4.47. The zero-order valence-electron chi connectivity index (χ0n) is 9.65. The van der Waals surface area contributed by atoms with Gasteiger partial charge in [-0.2, -0.15) is 9.38 Å². The number of fused-ring (bicyclic) bond motifs is 1. The summed E-state index contributed by atoms with van der Waals surface area (Å²) in [5, 5.41) is 11.3. The zero-order valence-corrected chi connectivity index (χ0v) is 11.2. The Morgan fingerprint density at radius 1 is 1.21 bits per heavy atom. The second-order valence-corrected chi connectivity index (χ2v) is 4.90. The van der Waals surface area contributed by atoms with Crippen LogP contribution in [0.1, 0.15) is 0 Å². The van der Waals surface area contributed by atoms with Crippen molar-refractivity contribution in [1.82, 2.24) is 9.38 Å². The molecule has 3 aromatic rings. The van der Waals surface area contributed by atoms with Crippen LogP contribution in [0.25, 0.3) is 16.9 Å². The highest BCUT2D eigenvalue weighted by atomic mass is 79.9. The molecule has 0 atom stereocenters. The predicted molar refractivity (Wildman–Crippen MR) is 75.0 cm³/mol. The molecule has 1 aromatic carbocycles. The Morgan fingerprint density at radius 2 is 2.05 bits per heavy atom. The van der Waals surface area contributed by atoms with Gasteiger partial charge in [0.25, 0.3) is 0 Å². The first kappa shape index (κ1) is 11.9. The lowest BCUT2D eigenvalue weighted by Gasteiger charge is -1.99. The van der Waals surface area contributed by atoms with Gasteiger partial charge in [0.2, 0.25) is 5.65 Å². The van der Waals surface area contributed by atoms with Gasteiger partial charge in [0, 0.05) is 16.1 Å². The Kier molecular flexibility index (Phi) is 2.79. The molecule has 0 bridgehead atoms. The maximum Gasteiger partial charge on any atom is 0.355 e. The van der Waals surface area contributed by atoms with E-state index in [0.717, 1.165) is 4.47 Å². The lowest BCUT2D eigenvalue weighted by atomic mass is 10.1. The summed E-state index contributed by atoms with van der Waals surface area (Å²) in [6, 6.07) is 12.6. The summed E-state index contributed by atoms with van der Waals surface area (Å²) in [4.78, 5) is 15.2. The van der Waals surface area contributed by atoms with Crippen LogP contribution in [0.3, 0.4) is 0 Å². The highest BCUT2D eigenvalue weighted by Gasteiger charge is 2.23. The van der Waals surface area contributed by atoms with Crippen molar-refractivity contribution in [2.24, 2.45) is 0 Å². The van der Waals surface area contributed by atoms with Gasteiger partial charge < -0.3 is 10.1 Å². The molecule has 0 N–H and O–H groups in total. The maximum atomic E-state index is 11.3. The molecule has 6 heteroatoms. The molecule has 0 radical (unpaired) electrons. The average Bonchev–Trinajstić information content (AvgIpc) is 2.78. The Balaban J connectivity index is 2.34. The second-order valence-electron chi connectivity index (χ2n) is 3.98. The monoisotopic (exact) mass is 317 g/mol. The Morgan fingerprint density at radius 3 is 2.79 bits per heavy atom. The number of nitrogens with zero attached hydrogens (tertiary/aromatic N) is 3. The zero-order chi connectivity index (χ0) is 13.4. The molecular weight excluding hydrogens is 310 g/mol. The van der Waals surface area contributed by atoms with Crippen LogP contribution in [0.15, 0.2) is 53.1 Å². The average molecular weight is 318 g/mol. The molecule has 0 aliphatic rings. The first-order chi connectivity index (χ1) is 9.16. The molecule has 0 aliphatic carbocycles. The molecule has 19 heavy (non-hydrogen) atoms. The number of hydrogen-bond donors (Lipinski definition) is 0. The Bertz CT molecular complexity index is 782. The van der Waals surface area contributed by atoms with Crippen molar-refractivity contribution in [1.29, 1.82) is 0 Å². The highest BCUT2D eigenvalue weighted by molar-refractivity contribution is 9.10. The SMILES string of the molecule is O=[N+]([O-])c1c(-c2cccc(Br)c2)nc2ccccn12. The fourth-order valence-electron chi connectivity index (χ4n) is 1.99. The van der Waals surface area contributed by atoms with E-state index in [0.29, 0.717) is 16.9 Å². The third-order valence-electron chi connectivity index (χ3n) is 2.78. The largest absolute Gasteiger partial charge is 0.358 e. The molecule has 0 fully saturated rings. The topological polar surface area (TPSA) is 60.4 Å². The van der Waals surface area contributed by atoms with Gasteiger partial charge in [-0.3, -0.25) is 0 Å². The lowest BCUT2D eigenvalue weighted by molar-refractivity contribution is -0.389. The van der Waals surface area contributed by atoms with E-state index in [2.05, 4.69) is 20.9 Å². The molecule has 94 valence electrons. The molecule has 0 amide bonds. The van der Waals surface area contributed by atoms with Crippen LogP contribution in [0, 0.1) is 10.1 Å². The van der Waals surface area contributed by atoms with Gasteiger partial charge in [-0.1, -0.05) is 34.1 Å². The number of halogens is 1. The van der Waals surface area contributed by atoms with Gasteiger partial charge in [-0.25, -0.2) is 0 Å². The lowest BCUT2D eigenvalue weighted by Crippen LogP contribution is -1.95. The third-order valence-corrected chi connectivity index (χ3v) is 3.27. The van der Waals surface area contributed by atoms with E-state index >= 15 is 0 Å². The first-order valence-electron chi connectivity index (χ1n) is 5.54. The van der Waals surface area contributed by atoms with Crippen molar-refractivity contribution < 1.29 is 4.92 Å². The predicted octanol–water partition coefficient (Wildman–Crippen LogP) is 3.67. The molecule has 3 rings (SSSR count). The molecule has 2 heterocycles. The van der Waals surface area contributed by atoms with Crippen LogP contribution in [-0.2, 0) is 0 Å². The van der Waals surface area contributed by atoms with E-state index in [1.54, 1.807) is 30.5 Å². The van der Waals surface area contributed by atoms with Crippen molar-refractivity contribution in [2.45, 2.75) is 0 Å². The van der Waals surface area contributed by atoms with Gasteiger partial charge in [0.1, 0.15) is 0 Å². The number of nitro groups is 1. The summed E-state index contributed by atoms with van der Waals surface area (Å²) >= 11 is 3.36. The normalized spacial score (nSPS) is 10.8. The van der Waals surface area contributed by atoms with Gasteiger partial charge in [-0.15, -0.1) is 0 Å². The Labute approximate surface area is 116 Å². The smallest absolute Gasteiger partial charge is 0.355 e. The molecular formula is C13H8BrN3O2. The number of aromatic nitrogens is 2. The minimum absolute atomic E-state index is 0.0197. The van der Waals surface area contributed by atoms with Crippen molar-refractivity contribution in [3.05, 3.63) is 63.2 Å². The number of benzene rings is 1.